The van der Waals surface area contributed by atoms with Gasteiger partial charge in [-0.3, -0.25) is 4.79 Å². The van der Waals surface area contributed by atoms with Crippen molar-refractivity contribution in [3.8, 4) is 11.5 Å². The van der Waals surface area contributed by atoms with Crippen LogP contribution in [0.2, 0.25) is 0 Å². The van der Waals surface area contributed by atoms with Gasteiger partial charge in [0, 0.05) is 26.0 Å². The van der Waals surface area contributed by atoms with Crippen molar-refractivity contribution in [2.24, 2.45) is 7.05 Å². The second-order valence-electron chi connectivity index (χ2n) is 7.08. The predicted molar refractivity (Wildman–Crippen MR) is 103 cm³/mol. The molecule has 1 atom stereocenters. The third-order valence-corrected chi connectivity index (χ3v) is 5.12. The van der Waals surface area contributed by atoms with Gasteiger partial charge in [0.2, 0.25) is 0 Å². The number of rotatable bonds is 3. The number of nitrogens with zero attached hydrogens (tertiary/aromatic N) is 5. The van der Waals surface area contributed by atoms with Crippen LogP contribution < -0.4 is 0 Å². The molecule has 3 heterocycles. The summed E-state index contributed by atoms with van der Waals surface area (Å²) in [7, 11) is 1.91. The number of imidazole rings is 1. The Morgan fingerprint density at radius 3 is 2.79 bits per heavy atom. The Balaban J connectivity index is 1.72. The van der Waals surface area contributed by atoms with Crippen molar-refractivity contribution >= 4 is 5.91 Å². The largest absolute Gasteiger partial charge is 0.333 e. The van der Waals surface area contributed by atoms with Crippen molar-refractivity contribution in [3.05, 3.63) is 65.6 Å². The van der Waals surface area contributed by atoms with E-state index in [1.165, 1.54) is 12.1 Å². The van der Waals surface area contributed by atoms with Gasteiger partial charge in [-0.25, -0.2) is 19.3 Å². The number of benzene rings is 1. The molecule has 1 aromatic carbocycles. The van der Waals surface area contributed by atoms with Gasteiger partial charge >= 0.3 is 0 Å². The summed E-state index contributed by atoms with van der Waals surface area (Å²) in [6.45, 7) is 2.42. The van der Waals surface area contributed by atoms with Gasteiger partial charge in [-0.1, -0.05) is 12.1 Å². The Morgan fingerprint density at radius 2 is 2.04 bits per heavy atom. The third kappa shape index (κ3) is 3.40. The minimum atomic E-state index is -0.496. The van der Waals surface area contributed by atoms with Gasteiger partial charge in [0.15, 0.2) is 5.82 Å². The molecule has 1 fully saturated rings. The van der Waals surface area contributed by atoms with Crippen molar-refractivity contribution in [2.45, 2.75) is 32.2 Å². The topological polar surface area (TPSA) is 63.9 Å². The Hall–Kier alpha value is -3.09. The zero-order valence-corrected chi connectivity index (χ0v) is 16.0. The minimum absolute atomic E-state index is 0.101. The second-order valence-corrected chi connectivity index (χ2v) is 7.08. The highest BCUT2D eigenvalue weighted by atomic mass is 19.1. The lowest BCUT2D eigenvalue weighted by atomic mass is 9.97. The van der Waals surface area contributed by atoms with Crippen LogP contribution in [-0.2, 0) is 7.05 Å². The van der Waals surface area contributed by atoms with Gasteiger partial charge < -0.3 is 9.47 Å². The number of amides is 1. The lowest BCUT2D eigenvalue weighted by Gasteiger charge is -2.35. The second kappa shape index (κ2) is 7.50. The molecule has 0 N–H and O–H groups in total. The molecule has 0 saturated carbocycles. The fourth-order valence-corrected chi connectivity index (χ4v) is 3.76. The van der Waals surface area contributed by atoms with Crippen molar-refractivity contribution in [1.29, 1.82) is 0 Å². The number of aryl methyl sites for hydroxylation is 2. The van der Waals surface area contributed by atoms with Crippen LogP contribution in [0.5, 0.6) is 0 Å². The SMILES string of the molecule is Cc1nc(-c2nccn2C)cc([C@@H]2CCCCN2C(=O)c2ccccc2F)n1. The summed E-state index contributed by atoms with van der Waals surface area (Å²) in [5.41, 5.74) is 1.60. The highest BCUT2D eigenvalue weighted by Crippen LogP contribution is 2.33. The third-order valence-electron chi connectivity index (χ3n) is 5.12. The number of hydrogen-bond acceptors (Lipinski definition) is 4. The molecule has 28 heavy (non-hydrogen) atoms. The van der Waals surface area contributed by atoms with Crippen LogP contribution in [0.4, 0.5) is 4.39 Å². The smallest absolute Gasteiger partial charge is 0.257 e. The average Bonchev–Trinajstić information content (AvgIpc) is 3.13. The number of carbonyl (C=O) groups is 1. The van der Waals surface area contributed by atoms with Gasteiger partial charge in [-0.2, -0.15) is 0 Å². The Morgan fingerprint density at radius 1 is 1.21 bits per heavy atom. The van der Waals surface area contributed by atoms with E-state index in [0.717, 1.165) is 36.5 Å². The van der Waals surface area contributed by atoms with E-state index in [2.05, 4.69) is 15.0 Å². The van der Waals surface area contributed by atoms with Gasteiger partial charge in [-0.15, -0.1) is 0 Å². The normalized spacial score (nSPS) is 17.0. The minimum Gasteiger partial charge on any atom is -0.333 e. The molecule has 1 aliphatic rings. The van der Waals surface area contributed by atoms with E-state index in [4.69, 9.17) is 0 Å². The summed E-state index contributed by atoms with van der Waals surface area (Å²) in [5.74, 6) is 0.580. The first-order valence-corrected chi connectivity index (χ1v) is 9.43. The first kappa shape index (κ1) is 18.3. The maximum Gasteiger partial charge on any atom is 0.257 e. The van der Waals surface area contributed by atoms with Crippen molar-refractivity contribution in [2.75, 3.05) is 6.54 Å². The molecule has 1 aliphatic heterocycles. The summed E-state index contributed by atoms with van der Waals surface area (Å²) in [6, 6.07) is 7.82. The van der Waals surface area contributed by atoms with Gasteiger partial charge in [-0.05, 0) is 44.4 Å². The number of aromatic nitrogens is 4. The van der Waals surface area contributed by atoms with E-state index in [-0.39, 0.29) is 17.5 Å². The lowest BCUT2D eigenvalue weighted by molar-refractivity contribution is 0.0601. The zero-order chi connectivity index (χ0) is 19.7. The fraction of sp³-hybridized carbons (Fsp3) is 0.333. The molecular weight excluding hydrogens is 357 g/mol. The van der Waals surface area contributed by atoms with Crippen LogP contribution in [-0.4, -0.2) is 36.9 Å². The maximum absolute atomic E-state index is 14.2. The van der Waals surface area contributed by atoms with Crippen LogP contribution >= 0.6 is 0 Å². The Labute approximate surface area is 163 Å². The maximum atomic E-state index is 14.2. The molecule has 0 bridgehead atoms. The fourth-order valence-electron chi connectivity index (χ4n) is 3.76. The first-order valence-electron chi connectivity index (χ1n) is 9.43. The van der Waals surface area contributed by atoms with Gasteiger partial charge in [0.1, 0.15) is 17.3 Å². The Kier molecular flexibility index (Phi) is 4.90. The molecule has 1 saturated heterocycles. The zero-order valence-electron chi connectivity index (χ0n) is 16.0. The van der Waals surface area contributed by atoms with Crippen LogP contribution in [0.3, 0.4) is 0 Å². The van der Waals surface area contributed by atoms with E-state index in [0.29, 0.717) is 12.4 Å². The molecule has 0 spiro atoms. The number of halogens is 1. The van der Waals surface area contributed by atoms with E-state index in [1.54, 1.807) is 23.2 Å². The van der Waals surface area contributed by atoms with Crippen LogP contribution in [0.25, 0.3) is 11.5 Å². The summed E-state index contributed by atoms with van der Waals surface area (Å²) in [6.07, 6.45) is 6.26. The molecule has 2 aromatic heterocycles. The van der Waals surface area contributed by atoms with Crippen molar-refractivity contribution in [1.82, 2.24) is 24.4 Å². The van der Waals surface area contributed by atoms with E-state index >= 15 is 0 Å². The molecule has 144 valence electrons. The first-order chi connectivity index (χ1) is 13.5. The standard InChI is InChI=1S/C21H22FN5O/c1-14-24-17(13-18(25-14)20-23-10-12-26(20)2)19-9-5-6-11-27(19)21(28)15-7-3-4-8-16(15)22/h3-4,7-8,10,12-13,19H,5-6,9,11H2,1-2H3/t19-/m0/s1. The average molecular weight is 379 g/mol. The van der Waals surface area contributed by atoms with Gasteiger partial charge in [0.25, 0.3) is 5.91 Å². The molecule has 7 heteroatoms. The summed E-state index contributed by atoms with van der Waals surface area (Å²) in [4.78, 5) is 28.3. The van der Waals surface area contributed by atoms with E-state index in [1.807, 2.05) is 30.8 Å². The highest BCUT2D eigenvalue weighted by molar-refractivity contribution is 5.94. The molecule has 0 aliphatic carbocycles. The number of carbonyl (C=O) groups excluding carboxylic acids is 1. The summed E-state index contributed by atoms with van der Waals surface area (Å²) < 4.78 is 16.1. The quantitative estimate of drug-likeness (QED) is 0.696. The van der Waals surface area contributed by atoms with Crippen LogP contribution in [0.1, 0.15) is 47.2 Å². The Bertz CT molecular complexity index is 1020. The molecule has 0 radical (unpaired) electrons. The van der Waals surface area contributed by atoms with Gasteiger partial charge in [0.05, 0.1) is 17.3 Å². The van der Waals surface area contributed by atoms with Crippen LogP contribution in [0.15, 0.2) is 42.7 Å². The summed E-state index contributed by atoms with van der Waals surface area (Å²) in [5, 5.41) is 0. The van der Waals surface area contributed by atoms with E-state index < -0.39 is 5.82 Å². The van der Waals surface area contributed by atoms with Crippen molar-refractivity contribution in [3.63, 3.8) is 0 Å². The predicted octanol–water partition coefficient (Wildman–Crippen LogP) is 3.69. The lowest BCUT2D eigenvalue weighted by Crippen LogP contribution is -2.39. The monoisotopic (exact) mass is 379 g/mol. The van der Waals surface area contributed by atoms with Crippen LogP contribution in [0, 0.1) is 12.7 Å². The number of hydrogen-bond donors (Lipinski definition) is 0. The summed E-state index contributed by atoms with van der Waals surface area (Å²) >= 11 is 0. The molecule has 0 unspecified atom stereocenters. The molecule has 4 rings (SSSR count). The number of piperidine rings is 1. The molecule has 6 nitrogen and oxygen atoms in total. The number of likely N-dealkylation sites (tertiary alicyclic amines) is 1. The van der Waals surface area contributed by atoms with E-state index in [9.17, 15) is 9.18 Å². The molecule has 3 aromatic rings. The molecule has 1 amide bonds. The van der Waals surface area contributed by atoms with Crippen molar-refractivity contribution < 1.29 is 9.18 Å². The molecular formula is C21H22FN5O. The highest BCUT2D eigenvalue weighted by Gasteiger charge is 2.31.